The monoisotopic (exact) mass is 618 g/mol. The summed E-state index contributed by atoms with van der Waals surface area (Å²) in [6, 6.07) is 14.0. The fraction of sp³-hybridized carbons (Fsp3) is 0.148. The van der Waals surface area contributed by atoms with Crippen LogP contribution < -0.4 is 15.0 Å². The van der Waals surface area contributed by atoms with Crippen molar-refractivity contribution in [2.45, 2.75) is 20.3 Å². The van der Waals surface area contributed by atoms with Gasteiger partial charge >= 0.3 is 6.03 Å². The predicted molar refractivity (Wildman–Crippen MR) is 145 cm³/mol. The average molecular weight is 619 g/mol. The van der Waals surface area contributed by atoms with E-state index >= 15 is 0 Å². The molecule has 0 aromatic heterocycles. The van der Waals surface area contributed by atoms with E-state index in [0.29, 0.717) is 40.5 Å². The van der Waals surface area contributed by atoms with Crippen molar-refractivity contribution < 1.29 is 23.5 Å². The van der Waals surface area contributed by atoms with Gasteiger partial charge in [-0.15, -0.1) is 0 Å². The molecule has 3 aromatic rings. The number of barbiturate groups is 1. The highest BCUT2D eigenvalue weighted by molar-refractivity contribution is 14.1. The molecular formula is C27H21ClFIN2O4. The summed E-state index contributed by atoms with van der Waals surface area (Å²) < 4.78 is 20.9. The Labute approximate surface area is 226 Å². The zero-order valence-electron chi connectivity index (χ0n) is 19.4. The van der Waals surface area contributed by atoms with Gasteiger partial charge in [-0.3, -0.25) is 14.9 Å². The molecule has 0 bridgehead atoms. The number of hydrogen-bond donors (Lipinski definition) is 1. The first-order valence-corrected chi connectivity index (χ1v) is 12.5. The molecule has 1 saturated heterocycles. The zero-order valence-corrected chi connectivity index (χ0v) is 22.3. The fourth-order valence-electron chi connectivity index (χ4n) is 3.87. The maximum Gasteiger partial charge on any atom is 0.335 e. The van der Waals surface area contributed by atoms with Gasteiger partial charge in [-0.05, 0) is 89.5 Å². The molecule has 0 aliphatic carbocycles. The molecule has 4 amide bonds. The minimum Gasteiger partial charge on any atom is -0.494 e. The Morgan fingerprint density at radius 3 is 2.58 bits per heavy atom. The highest BCUT2D eigenvalue weighted by Crippen LogP contribution is 2.32. The SMILES string of the molecule is CCOc1cc(/C=C2\C(=O)NC(=O)N(c3cc(Cl)ccc3C)C2=O)cc(I)c1Cc1ccccc1F. The second-order valence-corrected chi connectivity index (χ2v) is 9.67. The van der Waals surface area contributed by atoms with Crippen LogP contribution in [0.1, 0.15) is 29.2 Å². The molecule has 6 nitrogen and oxygen atoms in total. The number of anilines is 1. The summed E-state index contributed by atoms with van der Waals surface area (Å²) in [4.78, 5) is 39.4. The van der Waals surface area contributed by atoms with E-state index in [1.54, 1.807) is 49.4 Å². The number of benzene rings is 3. The van der Waals surface area contributed by atoms with E-state index in [-0.39, 0.29) is 17.1 Å². The van der Waals surface area contributed by atoms with Crippen LogP contribution in [0.25, 0.3) is 6.08 Å². The molecule has 1 aliphatic rings. The Morgan fingerprint density at radius 2 is 1.86 bits per heavy atom. The number of halogens is 3. The summed E-state index contributed by atoms with van der Waals surface area (Å²) in [5.41, 5.74) is 2.55. The topological polar surface area (TPSA) is 75.7 Å². The summed E-state index contributed by atoms with van der Waals surface area (Å²) in [5, 5.41) is 2.57. The summed E-state index contributed by atoms with van der Waals surface area (Å²) >= 11 is 8.21. The van der Waals surface area contributed by atoms with Crippen LogP contribution >= 0.6 is 34.2 Å². The number of amides is 4. The van der Waals surface area contributed by atoms with E-state index < -0.39 is 17.8 Å². The first kappa shape index (κ1) is 25.8. The molecule has 184 valence electrons. The van der Waals surface area contributed by atoms with Gasteiger partial charge in [0.25, 0.3) is 11.8 Å². The molecule has 36 heavy (non-hydrogen) atoms. The lowest BCUT2D eigenvalue weighted by Crippen LogP contribution is -2.54. The Morgan fingerprint density at radius 1 is 1.11 bits per heavy atom. The van der Waals surface area contributed by atoms with Crippen molar-refractivity contribution in [3.63, 3.8) is 0 Å². The van der Waals surface area contributed by atoms with Crippen LogP contribution in [0.15, 0.2) is 60.2 Å². The maximum atomic E-state index is 14.3. The smallest absolute Gasteiger partial charge is 0.335 e. The van der Waals surface area contributed by atoms with Gasteiger partial charge < -0.3 is 4.74 Å². The molecule has 1 fully saturated rings. The van der Waals surface area contributed by atoms with E-state index in [1.165, 1.54) is 18.2 Å². The van der Waals surface area contributed by atoms with Crippen molar-refractivity contribution in [2.24, 2.45) is 0 Å². The lowest BCUT2D eigenvalue weighted by molar-refractivity contribution is -0.122. The molecule has 0 atom stereocenters. The van der Waals surface area contributed by atoms with Gasteiger partial charge in [0, 0.05) is 20.6 Å². The molecule has 0 unspecified atom stereocenters. The second-order valence-electron chi connectivity index (χ2n) is 8.07. The zero-order chi connectivity index (χ0) is 26.0. The van der Waals surface area contributed by atoms with Crippen LogP contribution in [0.3, 0.4) is 0 Å². The van der Waals surface area contributed by atoms with Crippen LogP contribution in [0.5, 0.6) is 5.75 Å². The number of urea groups is 1. The molecule has 9 heteroatoms. The van der Waals surface area contributed by atoms with Gasteiger partial charge in [0.1, 0.15) is 17.1 Å². The molecule has 0 saturated carbocycles. The largest absolute Gasteiger partial charge is 0.494 e. The maximum absolute atomic E-state index is 14.3. The number of ether oxygens (including phenoxy) is 1. The summed E-state index contributed by atoms with van der Waals surface area (Å²) in [5.74, 6) is -1.36. The number of aryl methyl sites for hydroxylation is 1. The van der Waals surface area contributed by atoms with E-state index in [9.17, 15) is 18.8 Å². The standard InChI is InChI=1S/C27H21ClFIN2O4/c1-3-36-24-12-16(11-22(30)19(24)13-17-6-4-5-7-21(17)29)10-20-25(33)31-27(35)32(26(20)34)23-14-18(28)9-8-15(23)2/h4-12,14H,3,13H2,1-2H3,(H,31,33,35)/b20-10+. The lowest BCUT2D eigenvalue weighted by Gasteiger charge is -2.27. The average Bonchev–Trinajstić information content (AvgIpc) is 2.82. The van der Waals surface area contributed by atoms with Crippen LogP contribution in [-0.4, -0.2) is 24.5 Å². The van der Waals surface area contributed by atoms with Gasteiger partial charge in [-0.1, -0.05) is 35.9 Å². The third-order valence-corrected chi connectivity index (χ3v) is 6.82. The van der Waals surface area contributed by atoms with Crippen LogP contribution in [-0.2, 0) is 16.0 Å². The van der Waals surface area contributed by atoms with Crippen LogP contribution in [0.4, 0.5) is 14.9 Å². The summed E-state index contributed by atoms with van der Waals surface area (Å²) in [6.07, 6.45) is 1.72. The molecule has 4 rings (SSSR count). The third-order valence-electron chi connectivity index (χ3n) is 5.63. The second kappa shape index (κ2) is 10.8. The van der Waals surface area contributed by atoms with Gasteiger partial charge in [0.15, 0.2) is 0 Å². The number of carbonyl (C=O) groups excluding carboxylic acids is 3. The van der Waals surface area contributed by atoms with Crippen molar-refractivity contribution in [3.8, 4) is 5.75 Å². The number of nitrogens with zero attached hydrogens (tertiary/aromatic N) is 1. The van der Waals surface area contributed by atoms with Crippen molar-refractivity contribution in [1.29, 1.82) is 0 Å². The van der Waals surface area contributed by atoms with E-state index in [2.05, 4.69) is 27.9 Å². The fourth-order valence-corrected chi connectivity index (χ4v) is 4.85. The van der Waals surface area contributed by atoms with E-state index in [0.717, 1.165) is 14.0 Å². The Bertz CT molecular complexity index is 1420. The number of rotatable bonds is 6. The Balaban J connectivity index is 1.75. The molecule has 3 aromatic carbocycles. The number of nitrogens with one attached hydrogen (secondary N) is 1. The molecule has 1 aliphatic heterocycles. The number of hydrogen-bond acceptors (Lipinski definition) is 4. The highest BCUT2D eigenvalue weighted by atomic mass is 127. The van der Waals surface area contributed by atoms with Crippen molar-refractivity contribution in [2.75, 3.05) is 11.5 Å². The quantitative estimate of drug-likeness (QED) is 0.208. The van der Waals surface area contributed by atoms with Crippen LogP contribution in [0.2, 0.25) is 5.02 Å². The first-order chi connectivity index (χ1) is 17.2. The van der Waals surface area contributed by atoms with Gasteiger partial charge in [-0.2, -0.15) is 0 Å². The minimum absolute atomic E-state index is 0.214. The number of carbonyl (C=O) groups is 3. The van der Waals surface area contributed by atoms with Gasteiger partial charge in [0.05, 0.1) is 12.3 Å². The molecule has 1 N–H and O–H groups in total. The summed E-state index contributed by atoms with van der Waals surface area (Å²) in [7, 11) is 0. The van der Waals surface area contributed by atoms with E-state index in [4.69, 9.17) is 16.3 Å². The molecule has 1 heterocycles. The van der Waals surface area contributed by atoms with Crippen molar-refractivity contribution in [1.82, 2.24) is 5.32 Å². The Kier molecular flexibility index (Phi) is 7.75. The lowest BCUT2D eigenvalue weighted by atomic mass is 10.00. The van der Waals surface area contributed by atoms with E-state index in [1.807, 2.05) is 6.92 Å². The predicted octanol–water partition coefficient (Wildman–Crippen LogP) is 6.05. The van der Waals surface area contributed by atoms with Crippen molar-refractivity contribution in [3.05, 3.63) is 96.8 Å². The van der Waals surface area contributed by atoms with Gasteiger partial charge in [0.2, 0.25) is 0 Å². The molecule has 0 spiro atoms. The molecular weight excluding hydrogens is 598 g/mol. The van der Waals surface area contributed by atoms with Crippen LogP contribution in [0, 0.1) is 16.3 Å². The number of imide groups is 2. The third kappa shape index (κ3) is 5.29. The molecule has 0 radical (unpaired) electrons. The van der Waals surface area contributed by atoms with Crippen molar-refractivity contribution >= 4 is 63.8 Å². The highest BCUT2D eigenvalue weighted by Gasteiger charge is 2.37. The minimum atomic E-state index is -0.850. The Hall–Kier alpha value is -3.24. The normalized spacial score (nSPS) is 14.9. The van der Waals surface area contributed by atoms with Gasteiger partial charge in [-0.25, -0.2) is 14.1 Å². The first-order valence-electron chi connectivity index (χ1n) is 11.1. The summed E-state index contributed by atoms with van der Waals surface area (Å²) in [6.45, 7) is 3.94.